The van der Waals surface area contributed by atoms with Crippen molar-refractivity contribution in [3.63, 3.8) is 0 Å². The van der Waals surface area contributed by atoms with E-state index >= 15 is 0 Å². The number of hydrogen-bond donors (Lipinski definition) is 3. The van der Waals surface area contributed by atoms with Crippen molar-refractivity contribution in [2.24, 2.45) is 11.8 Å². The molecule has 0 aromatic rings. The predicted molar refractivity (Wildman–Crippen MR) is 71.4 cm³/mol. The van der Waals surface area contributed by atoms with E-state index in [1.165, 1.54) is 0 Å². The van der Waals surface area contributed by atoms with E-state index in [0.717, 1.165) is 6.42 Å². The van der Waals surface area contributed by atoms with E-state index in [-0.39, 0.29) is 12.5 Å². The van der Waals surface area contributed by atoms with E-state index in [1.54, 1.807) is 6.08 Å². The summed E-state index contributed by atoms with van der Waals surface area (Å²) in [6.45, 7) is 8.66. The van der Waals surface area contributed by atoms with Crippen molar-refractivity contribution in [3.8, 4) is 0 Å². The van der Waals surface area contributed by atoms with Gasteiger partial charge in [-0.2, -0.15) is 0 Å². The van der Waals surface area contributed by atoms with Crippen LogP contribution < -0.4 is 10.6 Å². The lowest BCUT2D eigenvalue weighted by atomic mass is 9.88. The zero-order valence-electron chi connectivity index (χ0n) is 11.2. The third-order valence-electron chi connectivity index (χ3n) is 2.88. The van der Waals surface area contributed by atoms with Crippen molar-refractivity contribution in [3.05, 3.63) is 12.7 Å². The van der Waals surface area contributed by atoms with E-state index in [1.807, 2.05) is 0 Å². The quantitative estimate of drug-likeness (QED) is 0.552. The molecule has 1 atom stereocenters. The molecule has 0 aliphatic heterocycles. The first kappa shape index (κ1) is 16.5. The average molecular weight is 256 g/mol. The summed E-state index contributed by atoms with van der Waals surface area (Å²) in [6.07, 6.45) is 3.25. The smallest absolute Gasteiger partial charge is 0.315 e. The zero-order valence-corrected chi connectivity index (χ0v) is 11.2. The Kier molecular flexibility index (Phi) is 8.70. The fraction of sp³-hybridized carbons (Fsp3) is 0.692. The van der Waals surface area contributed by atoms with E-state index in [4.69, 9.17) is 5.11 Å². The lowest BCUT2D eigenvalue weighted by Gasteiger charge is -2.20. The Morgan fingerprint density at radius 1 is 1.28 bits per heavy atom. The maximum Gasteiger partial charge on any atom is 0.315 e. The molecular weight excluding hydrogens is 232 g/mol. The highest BCUT2D eigenvalue weighted by atomic mass is 16.4. The molecule has 18 heavy (non-hydrogen) atoms. The fourth-order valence-electron chi connectivity index (χ4n) is 1.72. The number of nitrogens with one attached hydrogen (secondary N) is 2. The number of urea groups is 1. The van der Waals surface area contributed by atoms with Gasteiger partial charge in [0.15, 0.2) is 0 Å². The van der Waals surface area contributed by atoms with Crippen molar-refractivity contribution in [2.75, 3.05) is 13.1 Å². The second-order valence-corrected chi connectivity index (χ2v) is 4.65. The van der Waals surface area contributed by atoms with Crippen LogP contribution in [0.15, 0.2) is 12.7 Å². The van der Waals surface area contributed by atoms with Crippen LogP contribution >= 0.6 is 0 Å². The van der Waals surface area contributed by atoms with Gasteiger partial charge in [0.25, 0.3) is 0 Å². The van der Waals surface area contributed by atoms with Gasteiger partial charge in [-0.15, -0.1) is 6.58 Å². The second-order valence-electron chi connectivity index (χ2n) is 4.65. The molecule has 0 fully saturated rings. The standard InChI is InChI=1S/C13H24N2O3/c1-4-8-14-13(18)15-9-7-11(10(2)3)5-6-12(16)17/h4,10-11H,1,5-9H2,2-3H3,(H,16,17)(H2,14,15,18). The van der Waals surface area contributed by atoms with Gasteiger partial charge in [-0.3, -0.25) is 4.79 Å². The molecule has 0 aromatic heterocycles. The van der Waals surface area contributed by atoms with E-state index in [0.29, 0.717) is 31.3 Å². The van der Waals surface area contributed by atoms with Gasteiger partial charge in [-0.05, 0) is 24.7 Å². The van der Waals surface area contributed by atoms with E-state index < -0.39 is 5.97 Å². The van der Waals surface area contributed by atoms with Crippen LogP contribution in [0.2, 0.25) is 0 Å². The van der Waals surface area contributed by atoms with Gasteiger partial charge >= 0.3 is 12.0 Å². The van der Waals surface area contributed by atoms with Gasteiger partial charge in [-0.1, -0.05) is 19.9 Å². The van der Waals surface area contributed by atoms with Crippen LogP contribution in [0.5, 0.6) is 0 Å². The summed E-state index contributed by atoms with van der Waals surface area (Å²) in [6, 6.07) is -0.212. The molecule has 3 N–H and O–H groups in total. The lowest BCUT2D eigenvalue weighted by molar-refractivity contribution is -0.137. The van der Waals surface area contributed by atoms with Gasteiger partial charge in [0, 0.05) is 19.5 Å². The number of hydrogen-bond acceptors (Lipinski definition) is 2. The van der Waals surface area contributed by atoms with Crippen molar-refractivity contribution >= 4 is 12.0 Å². The topological polar surface area (TPSA) is 78.4 Å². The average Bonchev–Trinajstić information content (AvgIpc) is 2.30. The highest BCUT2D eigenvalue weighted by Gasteiger charge is 2.15. The van der Waals surface area contributed by atoms with Crippen LogP contribution in [0, 0.1) is 11.8 Å². The first-order valence-corrected chi connectivity index (χ1v) is 6.31. The molecule has 0 rings (SSSR count). The van der Waals surface area contributed by atoms with Crippen LogP contribution in [0.1, 0.15) is 33.1 Å². The summed E-state index contributed by atoms with van der Waals surface area (Å²) in [5, 5.41) is 14.0. The summed E-state index contributed by atoms with van der Waals surface area (Å²) < 4.78 is 0. The third-order valence-corrected chi connectivity index (χ3v) is 2.88. The van der Waals surface area contributed by atoms with Crippen molar-refractivity contribution in [1.82, 2.24) is 10.6 Å². The van der Waals surface area contributed by atoms with Gasteiger partial charge in [-0.25, -0.2) is 4.79 Å². The molecule has 0 saturated carbocycles. The van der Waals surface area contributed by atoms with Gasteiger partial charge in [0.05, 0.1) is 0 Å². The van der Waals surface area contributed by atoms with E-state index in [2.05, 4.69) is 31.1 Å². The maximum absolute atomic E-state index is 11.3. The number of carboxylic acid groups (broad SMARTS) is 1. The number of rotatable bonds is 9. The molecule has 0 aromatic carbocycles. The van der Waals surface area contributed by atoms with Gasteiger partial charge in [0.1, 0.15) is 0 Å². The first-order chi connectivity index (χ1) is 8.47. The van der Waals surface area contributed by atoms with Crippen molar-refractivity contribution in [2.45, 2.75) is 33.1 Å². The molecule has 0 heterocycles. The molecule has 0 spiro atoms. The molecule has 0 bridgehead atoms. The number of aliphatic carboxylic acids is 1. The largest absolute Gasteiger partial charge is 0.481 e. The molecule has 0 aliphatic rings. The highest BCUT2D eigenvalue weighted by molar-refractivity contribution is 5.73. The molecule has 0 radical (unpaired) electrons. The van der Waals surface area contributed by atoms with Gasteiger partial charge < -0.3 is 15.7 Å². The third kappa shape index (κ3) is 8.61. The lowest BCUT2D eigenvalue weighted by Crippen LogP contribution is -2.36. The molecule has 0 saturated heterocycles. The Hall–Kier alpha value is -1.52. The second kappa shape index (κ2) is 9.50. The van der Waals surface area contributed by atoms with Crippen LogP contribution in [-0.4, -0.2) is 30.2 Å². The molecule has 2 amide bonds. The van der Waals surface area contributed by atoms with Crippen LogP contribution in [0.25, 0.3) is 0 Å². The first-order valence-electron chi connectivity index (χ1n) is 6.31. The summed E-state index contributed by atoms with van der Waals surface area (Å²) >= 11 is 0. The van der Waals surface area contributed by atoms with Gasteiger partial charge in [0.2, 0.25) is 0 Å². The monoisotopic (exact) mass is 256 g/mol. The Morgan fingerprint density at radius 2 is 1.94 bits per heavy atom. The minimum Gasteiger partial charge on any atom is -0.481 e. The molecule has 5 nitrogen and oxygen atoms in total. The molecule has 5 heteroatoms. The summed E-state index contributed by atoms with van der Waals surface area (Å²) in [5.41, 5.74) is 0. The fourth-order valence-corrected chi connectivity index (χ4v) is 1.72. The number of carboxylic acids is 1. The summed E-state index contributed by atoms with van der Waals surface area (Å²) in [5.74, 6) is -0.0273. The number of carbonyl (C=O) groups excluding carboxylic acids is 1. The Balaban J connectivity index is 3.86. The predicted octanol–water partition coefficient (Wildman–Crippen LogP) is 2.00. The molecular formula is C13H24N2O3. The highest BCUT2D eigenvalue weighted by Crippen LogP contribution is 2.20. The molecule has 1 unspecified atom stereocenters. The maximum atomic E-state index is 11.3. The summed E-state index contributed by atoms with van der Waals surface area (Å²) in [4.78, 5) is 21.8. The number of carbonyl (C=O) groups is 2. The van der Waals surface area contributed by atoms with Crippen LogP contribution in [0.4, 0.5) is 4.79 Å². The summed E-state index contributed by atoms with van der Waals surface area (Å²) in [7, 11) is 0. The zero-order chi connectivity index (χ0) is 14.0. The van der Waals surface area contributed by atoms with Crippen LogP contribution in [0.3, 0.4) is 0 Å². The molecule has 0 aliphatic carbocycles. The Morgan fingerprint density at radius 3 is 2.44 bits per heavy atom. The minimum atomic E-state index is -0.766. The Bertz CT molecular complexity index is 277. The SMILES string of the molecule is C=CCNC(=O)NCCC(CCC(=O)O)C(C)C. The molecule has 104 valence electrons. The van der Waals surface area contributed by atoms with Crippen molar-refractivity contribution in [1.29, 1.82) is 0 Å². The minimum absolute atomic E-state index is 0.186. The normalized spacial score (nSPS) is 11.9. The number of amides is 2. The van der Waals surface area contributed by atoms with E-state index in [9.17, 15) is 9.59 Å². The Labute approximate surface area is 109 Å². The van der Waals surface area contributed by atoms with Crippen LogP contribution in [-0.2, 0) is 4.79 Å². The van der Waals surface area contributed by atoms with Crippen molar-refractivity contribution < 1.29 is 14.7 Å².